The van der Waals surface area contributed by atoms with E-state index in [9.17, 15) is 22.7 Å². The minimum Gasteiger partial charge on any atom is -0.385 e. The third kappa shape index (κ3) is 4.37. The Labute approximate surface area is 182 Å². The number of fused-ring (bicyclic) bond motifs is 1. The van der Waals surface area contributed by atoms with Gasteiger partial charge in [0.15, 0.2) is 5.78 Å². The number of halogens is 1. The molecule has 0 amide bonds. The minimum atomic E-state index is -3.36. The number of hydrogen-bond donors (Lipinski definition) is 1. The number of piperidine rings is 1. The third-order valence-corrected chi connectivity index (χ3v) is 7.62. The van der Waals surface area contributed by atoms with Crippen molar-refractivity contribution in [3.05, 3.63) is 65.0 Å². The molecule has 1 atom stereocenters. The van der Waals surface area contributed by atoms with Crippen molar-refractivity contribution < 1.29 is 22.7 Å². The number of Topliss-reactive ketones (excluding diaryl/α,β-unsaturated/α-hetero) is 1. The van der Waals surface area contributed by atoms with Crippen LogP contribution in [0.5, 0.6) is 0 Å². The molecule has 0 spiro atoms. The zero-order valence-electron chi connectivity index (χ0n) is 17.7. The summed E-state index contributed by atoms with van der Waals surface area (Å²) in [5.74, 6) is -0.362. The Balaban J connectivity index is 1.41. The molecule has 2 heterocycles. The van der Waals surface area contributed by atoms with Gasteiger partial charge in [0.1, 0.15) is 5.82 Å². The van der Waals surface area contributed by atoms with Gasteiger partial charge in [-0.15, -0.1) is 0 Å². The van der Waals surface area contributed by atoms with Crippen LogP contribution in [-0.4, -0.2) is 56.1 Å². The first-order chi connectivity index (χ1) is 14.6. The quantitative estimate of drug-likeness (QED) is 0.715. The summed E-state index contributed by atoms with van der Waals surface area (Å²) in [6.07, 6.45) is 2.72. The fourth-order valence-electron chi connectivity index (χ4n) is 4.71. The fourth-order valence-corrected chi connectivity index (χ4v) is 5.97. The van der Waals surface area contributed by atoms with Crippen molar-refractivity contribution in [2.45, 2.75) is 37.8 Å². The van der Waals surface area contributed by atoms with Gasteiger partial charge in [-0.3, -0.25) is 14.0 Å². The highest BCUT2D eigenvalue weighted by Crippen LogP contribution is 2.35. The van der Waals surface area contributed by atoms with E-state index in [1.807, 2.05) is 11.8 Å². The van der Waals surface area contributed by atoms with Crippen molar-refractivity contribution in [3.8, 4) is 0 Å². The Kier molecular flexibility index (Phi) is 5.66. The average Bonchev–Trinajstić information content (AvgIpc) is 3.05. The standard InChI is InChI=1S/C23H27FN2O4S/c1-16-13-18-14-17(3-8-21(18)26(16)31(2,29)30)22(27)15-25-11-9-23(28,10-12-25)19-4-6-20(24)7-5-19/h3-8,14,16,28H,9-13,15H2,1-2H3. The molecule has 2 aromatic carbocycles. The molecule has 1 saturated heterocycles. The Hall–Kier alpha value is -2.29. The van der Waals surface area contributed by atoms with Crippen LogP contribution in [0.4, 0.5) is 10.1 Å². The molecule has 0 radical (unpaired) electrons. The molecule has 8 heteroatoms. The molecule has 1 fully saturated rings. The first-order valence-corrected chi connectivity index (χ1v) is 12.3. The number of nitrogens with zero attached hydrogens (tertiary/aromatic N) is 2. The SMILES string of the molecule is CC1Cc2cc(C(=O)CN3CCC(O)(c4ccc(F)cc4)CC3)ccc2N1S(C)(=O)=O. The topological polar surface area (TPSA) is 77.9 Å². The Morgan fingerprint density at radius 1 is 1.16 bits per heavy atom. The predicted molar refractivity (Wildman–Crippen MR) is 117 cm³/mol. The van der Waals surface area contributed by atoms with Crippen LogP contribution in [0.15, 0.2) is 42.5 Å². The number of carbonyl (C=O) groups is 1. The molecule has 0 bridgehead atoms. The van der Waals surface area contributed by atoms with Crippen LogP contribution in [-0.2, 0) is 22.0 Å². The summed E-state index contributed by atoms with van der Waals surface area (Å²) in [5, 5.41) is 10.9. The van der Waals surface area contributed by atoms with Gasteiger partial charge >= 0.3 is 0 Å². The Bertz CT molecular complexity index is 1090. The summed E-state index contributed by atoms with van der Waals surface area (Å²) in [5.41, 5.74) is 1.78. The number of likely N-dealkylation sites (tertiary alicyclic amines) is 1. The maximum absolute atomic E-state index is 13.2. The molecule has 166 valence electrons. The highest BCUT2D eigenvalue weighted by molar-refractivity contribution is 7.92. The van der Waals surface area contributed by atoms with E-state index in [-0.39, 0.29) is 24.2 Å². The molecule has 4 rings (SSSR count). The zero-order chi connectivity index (χ0) is 22.4. The maximum Gasteiger partial charge on any atom is 0.232 e. The first-order valence-electron chi connectivity index (χ1n) is 10.4. The van der Waals surface area contributed by atoms with E-state index in [0.717, 1.165) is 5.56 Å². The molecule has 0 aromatic heterocycles. The van der Waals surface area contributed by atoms with E-state index in [1.165, 1.54) is 22.7 Å². The van der Waals surface area contributed by atoms with E-state index < -0.39 is 15.6 Å². The van der Waals surface area contributed by atoms with Gasteiger partial charge < -0.3 is 5.11 Å². The van der Waals surface area contributed by atoms with Crippen LogP contribution in [0.25, 0.3) is 0 Å². The van der Waals surface area contributed by atoms with Crippen LogP contribution >= 0.6 is 0 Å². The van der Waals surface area contributed by atoms with Crippen molar-refractivity contribution >= 4 is 21.5 Å². The lowest BCUT2D eigenvalue weighted by molar-refractivity contribution is -0.0245. The van der Waals surface area contributed by atoms with Crippen LogP contribution in [0.2, 0.25) is 0 Å². The van der Waals surface area contributed by atoms with Crippen LogP contribution in [0.3, 0.4) is 0 Å². The number of anilines is 1. The van der Waals surface area contributed by atoms with Gasteiger partial charge in [-0.05, 0) is 67.6 Å². The average molecular weight is 447 g/mol. The van der Waals surface area contributed by atoms with Gasteiger partial charge in [0, 0.05) is 24.7 Å². The Morgan fingerprint density at radius 2 is 1.81 bits per heavy atom. The smallest absolute Gasteiger partial charge is 0.232 e. The molecular formula is C23H27FN2O4S. The van der Waals surface area contributed by atoms with E-state index in [0.29, 0.717) is 49.2 Å². The second-order valence-corrected chi connectivity index (χ2v) is 10.6. The summed E-state index contributed by atoms with van der Waals surface area (Å²) in [6, 6.07) is 11.0. The molecule has 6 nitrogen and oxygen atoms in total. The summed E-state index contributed by atoms with van der Waals surface area (Å²) in [4.78, 5) is 14.9. The van der Waals surface area contributed by atoms with Crippen LogP contribution < -0.4 is 4.31 Å². The molecular weight excluding hydrogens is 419 g/mol. The second kappa shape index (κ2) is 8.00. The second-order valence-electron chi connectivity index (χ2n) is 8.69. The summed E-state index contributed by atoms with van der Waals surface area (Å²) >= 11 is 0. The number of hydrogen-bond acceptors (Lipinski definition) is 5. The summed E-state index contributed by atoms with van der Waals surface area (Å²) < 4.78 is 38.7. The lowest BCUT2D eigenvalue weighted by atomic mass is 9.84. The van der Waals surface area contributed by atoms with Gasteiger partial charge in [-0.25, -0.2) is 12.8 Å². The molecule has 31 heavy (non-hydrogen) atoms. The third-order valence-electron chi connectivity index (χ3n) is 6.34. The minimum absolute atomic E-state index is 0.0273. The zero-order valence-corrected chi connectivity index (χ0v) is 18.5. The monoisotopic (exact) mass is 446 g/mol. The maximum atomic E-state index is 13.2. The fraction of sp³-hybridized carbons (Fsp3) is 0.435. The van der Waals surface area contributed by atoms with Crippen molar-refractivity contribution in [2.24, 2.45) is 0 Å². The molecule has 1 unspecified atom stereocenters. The number of rotatable bonds is 5. The lowest BCUT2D eigenvalue weighted by Crippen LogP contribution is -2.44. The highest BCUT2D eigenvalue weighted by atomic mass is 32.2. The molecule has 1 N–H and O–H groups in total. The number of benzene rings is 2. The van der Waals surface area contributed by atoms with E-state index in [4.69, 9.17) is 0 Å². The van der Waals surface area contributed by atoms with Crippen molar-refractivity contribution in [1.82, 2.24) is 4.90 Å². The normalized spacial score (nSPS) is 21.2. The number of sulfonamides is 1. The van der Waals surface area contributed by atoms with Gasteiger partial charge in [-0.2, -0.15) is 0 Å². The van der Waals surface area contributed by atoms with Crippen molar-refractivity contribution in [1.29, 1.82) is 0 Å². The van der Waals surface area contributed by atoms with Crippen LogP contribution in [0, 0.1) is 5.82 Å². The predicted octanol–water partition coefficient (Wildman–Crippen LogP) is 2.70. The highest BCUT2D eigenvalue weighted by Gasteiger charge is 2.35. The van der Waals surface area contributed by atoms with Crippen LogP contribution in [0.1, 0.15) is 41.3 Å². The molecule has 0 aliphatic carbocycles. The number of carbonyl (C=O) groups excluding carboxylic acids is 1. The molecule has 2 aromatic rings. The summed E-state index contributed by atoms with van der Waals surface area (Å²) in [6.45, 7) is 3.22. The van der Waals surface area contributed by atoms with Gasteiger partial charge in [-0.1, -0.05) is 12.1 Å². The molecule has 2 aliphatic heterocycles. The summed E-state index contributed by atoms with van der Waals surface area (Å²) in [7, 11) is -3.36. The largest absolute Gasteiger partial charge is 0.385 e. The lowest BCUT2D eigenvalue weighted by Gasteiger charge is -2.38. The number of aliphatic hydroxyl groups is 1. The molecule has 2 aliphatic rings. The van der Waals surface area contributed by atoms with E-state index >= 15 is 0 Å². The van der Waals surface area contributed by atoms with E-state index in [1.54, 1.807) is 30.3 Å². The number of ketones is 1. The van der Waals surface area contributed by atoms with Gasteiger partial charge in [0.25, 0.3) is 0 Å². The van der Waals surface area contributed by atoms with Crippen molar-refractivity contribution in [2.75, 3.05) is 30.2 Å². The molecule has 0 saturated carbocycles. The van der Waals surface area contributed by atoms with Gasteiger partial charge in [0.2, 0.25) is 10.0 Å². The van der Waals surface area contributed by atoms with E-state index in [2.05, 4.69) is 0 Å². The van der Waals surface area contributed by atoms with Gasteiger partial charge in [0.05, 0.1) is 24.1 Å². The first kappa shape index (κ1) is 21.9. The van der Waals surface area contributed by atoms with Crippen molar-refractivity contribution in [3.63, 3.8) is 0 Å². The Morgan fingerprint density at radius 3 is 2.42 bits per heavy atom.